The lowest BCUT2D eigenvalue weighted by Gasteiger charge is -2.37. The summed E-state index contributed by atoms with van der Waals surface area (Å²) in [6.07, 6.45) is 2.28. The number of amides is 2. The van der Waals surface area contributed by atoms with Crippen molar-refractivity contribution in [1.29, 1.82) is 0 Å². The zero-order chi connectivity index (χ0) is 18.9. The molecule has 0 saturated carbocycles. The van der Waals surface area contributed by atoms with Crippen LogP contribution < -0.4 is 10.6 Å². The van der Waals surface area contributed by atoms with Crippen molar-refractivity contribution in [3.63, 3.8) is 0 Å². The molecule has 2 rings (SSSR count). The molecule has 1 aliphatic heterocycles. The van der Waals surface area contributed by atoms with Crippen LogP contribution in [0.1, 0.15) is 45.6 Å². The normalized spacial score (nSPS) is 20.8. The van der Waals surface area contributed by atoms with E-state index >= 15 is 0 Å². The van der Waals surface area contributed by atoms with E-state index in [0.29, 0.717) is 18.3 Å². The molecule has 0 aromatic heterocycles. The first-order valence-corrected chi connectivity index (χ1v) is 9.76. The third kappa shape index (κ3) is 7.16. The van der Waals surface area contributed by atoms with Crippen LogP contribution in [-0.2, 0) is 16.1 Å². The van der Waals surface area contributed by atoms with E-state index in [1.807, 2.05) is 6.07 Å². The van der Waals surface area contributed by atoms with Crippen molar-refractivity contribution < 1.29 is 9.59 Å². The van der Waals surface area contributed by atoms with Crippen LogP contribution in [0.15, 0.2) is 30.3 Å². The molecule has 1 aliphatic rings. The molecule has 2 amide bonds. The van der Waals surface area contributed by atoms with Gasteiger partial charge in [0.05, 0.1) is 6.54 Å². The summed E-state index contributed by atoms with van der Waals surface area (Å²) in [7, 11) is 0. The van der Waals surface area contributed by atoms with Crippen LogP contribution in [0.3, 0.4) is 0 Å². The number of nitrogens with zero attached hydrogens (tertiary/aromatic N) is 1. The average molecular weight is 360 g/mol. The topological polar surface area (TPSA) is 61.4 Å². The number of benzene rings is 1. The minimum atomic E-state index is -0.0868. The summed E-state index contributed by atoms with van der Waals surface area (Å²) in [4.78, 5) is 26.3. The molecular formula is C21H33N3O2. The quantitative estimate of drug-likeness (QED) is 0.750. The van der Waals surface area contributed by atoms with E-state index in [1.54, 1.807) is 0 Å². The van der Waals surface area contributed by atoms with Gasteiger partial charge >= 0.3 is 0 Å². The number of hydrogen-bond acceptors (Lipinski definition) is 3. The largest absolute Gasteiger partial charge is 0.351 e. The molecule has 0 aliphatic carbocycles. The van der Waals surface area contributed by atoms with Crippen molar-refractivity contribution in [2.75, 3.05) is 19.6 Å². The third-order valence-electron chi connectivity index (χ3n) is 4.98. The van der Waals surface area contributed by atoms with Gasteiger partial charge in [-0.1, -0.05) is 51.1 Å². The average Bonchev–Trinajstić information content (AvgIpc) is 2.61. The van der Waals surface area contributed by atoms with Gasteiger partial charge in [0.2, 0.25) is 11.8 Å². The Hall–Kier alpha value is -1.88. The number of hydrogen-bond donors (Lipinski definition) is 2. The maximum Gasteiger partial charge on any atom is 0.239 e. The van der Waals surface area contributed by atoms with Gasteiger partial charge in [0.25, 0.3) is 0 Å². The van der Waals surface area contributed by atoms with Crippen LogP contribution >= 0.6 is 0 Å². The van der Waals surface area contributed by atoms with Crippen molar-refractivity contribution in [3.05, 3.63) is 35.9 Å². The highest BCUT2D eigenvalue weighted by molar-refractivity contribution is 5.84. The summed E-state index contributed by atoms with van der Waals surface area (Å²) in [5, 5.41) is 5.82. The van der Waals surface area contributed by atoms with Gasteiger partial charge in [0.1, 0.15) is 0 Å². The van der Waals surface area contributed by atoms with E-state index in [2.05, 4.69) is 60.6 Å². The van der Waals surface area contributed by atoms with E-state index in [-0.39, 0.29) is 24.4 Å². The van der Waals surface area contributed by atoms with Gasteiger partial charge in [-0.05, 0) is 30.2 Å². The highest BCUT2D eigenvalue weighted by Gasteiger charge is 2.27. The highest BCUT2D eigenvalue weighted by atomic mass is 16.2. The third-order valence-corrected chi connectivity index (χ3v) is 4.98. The fraction of sp³-hybridized carbons (Fsp3) is 0.619. The smallest absolute Gasteiger partial charge is 0.239 e. The van der Waals surface area contributed by atoms with E-state index in [4.69, 9.17) is 0 Å². The SMILES string of the molecule is CC(C)CCC(=O)NCC(=O)NC1CCN(Cc2ccccc2)CC1C. The van der Waals surface area contributed by atoms with Gasteiger partial charge in [-0.2, -0.15) is 0 Å². The first-order chi connectivity index (χ1) is 12.4. The van der Waals surface area contributed by atoms with E-state index in [9.17, 15) is 9.59 Å². The van der Waals surface area contributed by atoms with Crippen LogP contribution in [0.25, 0.3) is 0 Å². The van der Waals surface area contributed by atoms with Gasteiger partial charge < -0.3 is 10.6 Å². The zero-order valence-electron chi connectivity index (χ0n) is 16.3. The van der Waals surface area contributed by atoms with Crippen molar-refractivity contribution in [2.24, 2.45) is 11.8 Å². The number of carbonyl (C=O) groups excluding carboxylic acids is 2. The Balaban J connectivity index is 1.68. The molecule has 0 spiro atoms. The molecule has 1 heterocycles. The van der Waals surface area contributed by atoms with Crippen molar-refractivity contribution in [2.45, 2.75) is 52.6 Å². The van der Waals surface area contributed by atoms with Gasteiger partial charge in [-0.25, -0.2) is 0 Å². The summed E-state index contributed by atoms with van der Waals surface area (Å²) in [5.41, 5.74) is 1.33. The molecule has 0 bridgehead atoms. The Kier molecular flexibility index (Phi) is 8.10. The second kappa shape index (κ2) is 10.3. The molecule has 26 heavy (non-hydrogen) atoms. The molecule has 144 valence electrons. The molecule has 5 heteroatoms. The first-order valence-electron chi connectivity index (χ1n) is 9.76. The van der Waals surface area contributed by atoms with Gasteiger partial charge in [0.15, 0.2) is 0 Å². The fourth-order valence-electron chi connectivity index (χ4n) is 3.38. The molecule has 1 aromatic rings. The number of carbonyl (C=O) groups is 2. The Morgan fingerprint density at radius 1 is 1.19 bits per heavy atom. The van der Waals surface area contributed by atoms with Gasteiger partial charge in [-0.3, -0.25) is 14.5 Å². The maximum absolute atomic E-state index is 12.1. The van der Waals surface area contributed by atoms with E-state index < -0.39 is 0 Å². The maximum atomic E-state index is 12.1. The molecular weight excluding hydrogens is 326 g/mol. The summed E-state index contributed by atoms with van der Waals surface area (Å²) in [5.74, 6) is 0.764. The molecule has 2 N–H and O–H groups in total. The highest BCUT2D eigenvalue weighted by Crippen LogP contribution is 2.18. The fourth-order valence-corrected chi connectivity index (χ4v) is 3.38. The number of rotatable bonds is 8. The Bertz CT molecular complexity index is 574. The van der Waals surface area contributed by atoms with Crippen LogP contribution in [0, 0.1) is 11.8 Å². The zero-order valence-corrected chi connectivity index (χ0v) is 16.3. The standard InChI is InChI=1S/C21H33N3O2/c1-16(2)9-10-20(25)22-13-21(26)23-19-11-12-24(14-17(19)3)15-18-7-5-4-6-8-18/h4-8,16-17,19H,9-15H2,1-3H3,(H,22,25)(H,23,26). The molecule has 1 aromatic carbocycles. The molecule has 2 atom stereocenters. The van der Waals surface area contributed by atoms with E-state index in [0.717, 1.165) is 32.5 Å². The van der Waals surface area contributed by atoms with E-state index in [1.165, 1.54) is 5.56 Å². The van der Waals surface area contributed by atoms with Crippen molar-refractivity contribution in [1.82, 2.24) is 15.5 Å². The summed E-state index contributed by atoms with van der Waals surface area (Å²) < 4.78 is 0. The van der Waals surface area contributed by atoms with Crippen LogP contribution in [-0.4, -0.2) is 42.4 Å². The van der Waals surface area contributed by atoms with Crippen LogP contribution in [0.2, 0.25) is 0 Å². The lowest BCUT2D eigenvalue weighted by Crippen LogP contribution is -2.51. The number of nitrogens with one attached hydrogen (secondary N) is 2. The van der Waals surface area contributed by atoms with Crippen LogP contribution in [0.5, 0.6) is 0 Å². The monoisotopic (exact) mass is 359 g/mol. The molecule has 1 fully saturated rings. The van der Waals surface area contributed by atoms with Gasteiger partial charge in [-0.15, -0.1) is 0 Å². The molecule has 5 nitrogen and oxygen atoms in total. The lowest BCUT2D eigenvalue weighted by molar-refractivity contribution is -0.127. The van der Waals surface area contributed by atoms with Crippen molar-refractivity contribution >= 4 is 11.8 Å². The Labute approximate surface area is 157 Å². The van der Waals surface area contributed by atoms with Gasteiger partial charge in [0, 0.05) is 32.1 Å². The number of piperidine rings is 1. The Morgan fingerprint density at radius 2 is 1.92 bits per heavy atom. The predicted molar refractivity (Wildman–Crippen MR) is 105 cm³/mol. The van der Waals surface area contributed by atoms with Crippen LogP contribution in [0.4, 0.5) is 0 Å². The molecule has 2 unspecified atom stereocenters. The minimum Gasteiger partial charge on any atom is -0.351 e. The Morgan fingerprint density at radius 3 is 2.58 bits per heavy atom. The van der Waals surface area contributed by atoms with Crippen molar-refractivity contribution in [3.8, 4) is 0 Å². The summed E-state index contributed by atoms with van der Waals surface area (Å²) in [6, 6.07) is 10.7. The minimum absolute atomic E-state index is 0.0421. The summed E-state index contributed by atoms with van der Waals surface area (Å²) in [6.45, 7) is 9.34. The predicted octanol–water partition coefficient (Wildman–Crippen LogP) is 2.57. The molecule has 1 saturated heterocycles. The second-order valence-corrected chi connectivity index (χ2v) is 7.87. The number of likely N-dealkylation sites (tertiary alicyclic amines) is 1. The molecule has 0 radical (unpaired) electrons. The lowest BCUT2D eigenvalue weighted by atomic mass is 9.93. The second-order valence-electron chi connectivity index (χ2n) is 7.87. The first kappa shape index (κ1) is 20.4. The summed E-state index contributed by atoms with van der Waals surface area (Å²) >= 11 is 0.